The number of rotatable bonds is 8. The number of guanidine groups is 1. The van der Waals surface area contributed by atoms with Crippen molar-refractivity contribution in [1.82, 2.24) is 15.5 Å². The first kappa shape index (κ1) is 22.2. The van der Waals surface area contributed by atoms with Crippen molar-refractivity contribution in [2.75, 3.05) is 46.5 Å². The summed E-state index contributed by atoms with van der Waals surface area (Å²) >= 11 is 0. The van der Waals surface area contributed by atoms with E-state index < -0.39 is 0 Å². The topological polar surface area (TPSA) is 71.3 Å². The zero-order valence-electron chi connectivity index (χ0n) is 18.8. The van der Waals surface area contributed by atoms with E-state index in [1.54, 1.807) is 7.11 Å². The van der Waals surface area contributed by atoms with Gasteiger partial charge in [0.1, 0.15) is 23.6 Å². The van der Waals surface area contributed by atoms with Crippen molar-refractivity contribution in [3.05, 3.63) is 65.9 Å². The van der Waals surface area contributed by atoms with E-state index >= 15 is 0 Å². The molecule has 1 saturated heterocycles. The molecule has 1 aromatic heterocycles. The first-order valence-corrected chi connectivity index (χ1v) is 11.2. The summed E-state index contributed by atoms with van der Waals surface area (Å²) in [5.74, 6) is 2.49. The molecule has 2 heterocycles. The zero-order chi connectivity index (χ0) is 22.2. The van der Waals surface area contributed by atoms with Crippen molar-refractivity contribution in [2.24, 2.45) is 4.99 Å². The van der Waals surface area contributed by atoms with Gasteiger partial charge in [0.15, 0.2) is 5.96 Å². The number of nitrogens with zero attached hydrogens (tertiary/aromatic N) is 2. The lowest BCUT2D eigenvalue weighted by Gasteiger charge is -2.35. The second-order valence-electron chi connectivity index (χ2n) is 7.76. The average molecular weight is 437 g/mol. The summed E-state index contributed by atoms with van der Waals surface area (Å²) in [4.78, 5) is 7.21. The Balaban J connectivity index is 1.47. The van der Waals surface area contributed by atoms with Gasteiger partial charge in [0.2, 0.25) is 0 Å². The summed E-state index contributed by atoms with van der Waals surface area (Å²) in [6.07, 6.45) is 0. The zero-order valence-corrected chi connectivity index (χ0v) is 18.8. The molecule has 2 aromatic carbocycles. The van der Waals surface area contributed by atoms with Crippen LogP contribution >= 0.6 is 0 Å². The van der Waals surface area contributed by atoms with Gasteiger partial charge in [-0.1, -0.05) is 30.3 Å². The number of furan rings is 1. The summed E-state index contributed by atoms with van der Waals surface area (Å²) in [6, 6.07) is 18.6. The van der Waals surface area contributed by atoms with Crippen LogP contribution in [0.5, 0.6) is 5.75 Å². The van der Waals surface area contributed by atoms with Gasteiger partial charge in [0, 0.05) is 31.6 Å². The van der Waals surface area contributed by atoms with Crippen LogP contribution in [0.15, 0.2) is 64.0 Å². The summed E-state index contributed by atoms with van der Waals surface area (Å²) in [7, 11) is 1.69. The van der Waals surface area contributed by atoms with Gasteiger partial charge in [0.25, 0.3) is 0 Å². The molecule has 7 nitrogen and oxygen atoms in total. The number of benzene rings is 2. The van der Waals surface area contributed by atoms with E-state index in [4.69, 9.17) is 18.9 Å². The molecule has 3 aromatic rings. The molecular weight excluding hydrogens is 404 g/mol. The van der Waals surface area contributed by atoms with Gasteiger partial charge in [-0.05, 0) is 36.8 Å². The molecule has 32 heavy (non-hydrogen) atoms. The Morgan fingerprint density at radius 2 is 1.88 bits per heavy atom. The highest BCUT2D eigenvalue weighted by Gasteiger charge is 2.23. The molecule has 4 rings (SSSR count). The largest absolute Gasteiger partial charge is 0.497 e. The fourth-order valence-electron chi connectivity index (χ4n) is 3.98. The Morgan fingerprint density at radius 3 is 2.59 bits per heavy atom. The minimum atomic E-state index is 0.208. The Kier molecular flexibility index (Phi) is 7.64. The smallest absolute Gasteiger partial charge is 0.191 e. The fourth-order valence-corrected chi connectivity index (χ4v) is 3.98. The van der Waals surface area contributed by atoms with Crippen molar-refractivity contribution in [3.63, 3.8) is 0 Å². The van der Waals surface area contributed by atoms with Gasteiger partial charge < -0.3 is 24.5 Å². The van der Waals surface area contributed by atoms with Crippen LogP contribution in [0.1, 0.15) is 24.3 Å². The maximum atomic E-state index is 5.91. The van der Waals surface area contributed by atoms with Gasteiger partial charge in [-0.15, -0.1) is 0 Å². The molecule has 2 N–H and O–H groups in total. The van der Waals surface area contributed by atoms with Crippen molar-refractivity contribution >= 4 is 16.9 Å². The van der Waals surface area contributed by atoms with Gasteiger partial charge in [-0.25, -0.2) is 4.99 Å². The van der Waals surface area contributed by atoms with E-state index in [-0.39, 0.29) is 6.04 Å². The maximum Gasteiger partial charge on any atom is 0.191 e. The number of aliphatic imine (C=N–C) groups is 1. The summed E-state index contributed by atoms with van der Waals surface area (Å²) in [6.45, 7) is 7.40. The second-order valence-corrected chi connectivity index (χ2v) is 7.76. The van der Waals surface area contributed by atoms with Crippen LogP contribution in [0.2, 0.25) is 0 Å². The third-order valence-corrected chi connectivity index (χ3v) is 5.66. The quantitative estimate of drug-likeness (QED) is 0.416. The lowest BCUT2D eigenvalue weighted by Crippen LogP contribution is -2.46. The van der Waals surface area contributed by atoms with Crippen molar-refractivity contribution in [3.8, 4) is 5.75 Å². The molecule has 0 amide bonds. The highest BCUT2D eigenvalue weighted by Crippen LogP contribution is 2.24. The molecule has 1 aliphatic rings. The molecule has 0 radical (unpaired) electrons. The molecule has 7 heteroatoms. The summed E-state index contributed by atoms with van der Waals surface area (Å²) in [5, 5.41) is 7.98. The normalized spacial score (nSPS) is 16.1. The van der Waals surface area contributed by atoms with Crippen LogP contribution in [0.3, 0.4) is 0 Å². The van der Waals surface area contributed by atoms with Crippen LogP contribution in [0.25, 0.3) is 11.0 Å². The number of methoxy groups -OCH3 is 1. The summed E-state index contributed by atoms with van der Waals surface area (Å²) < 4.78 is 16.8. The lowest BCUT2D eigenvalue weighted by atomic mass is 10.0. The number of hydrogen-bond donors (Lipinski definition) is 2. The van der Waals surface area contributed by atoms with Crippen LogP contribution in [0.4, 0.5) is 0 Å². The highest BCUT2D eigenvalue weighted by molar-refractivity contribution is 5.80. The minimum Gasteiger partial charge on any atom is -0.497 e. The van der Waals surface area contributed by atoms with Crippen molar-refractivity contribution in [1.29, 1.82) is 0 Å². The van der Waals surface area contributed by atoms with Crippen LogP contribution in [-0.4, -0.2) is 57.4 Å². The molecule has 0 spiro atoms. The Morgan fingerprint density at radius 1 is 1.09 bits per heavy atom. The van der Waals surface area contributed by atoms with E-state index in [9.17, 15) is 0 Å². The lowest BCUT2D eigenvalue weighted by molar-refractivity contribution is 0.0170. The number of fused-ring (bicyclic) bond motifs is 1. The Labute approximate surface area is 189 Å². The third kappa shape index (κ3) is 5.60. The SMILES string of the molecule is CCNC(=NCc1cc2ccccc2o1)NCC(c1ccc(OC)cc1)N1CCOCC1. The number of para-hydroxylation sites is 1. The molecular formula is C25H32N4O3. The molecule has 170 valence electrons. The monoisotopic (exact) mass is 436 g/mol. The average Bonchev–Trinajstić information content (AvgIpc) is 3.27. The van der Waals surface area contributed by atoms with E-state index in [0.29, 0.717) is 6.54 Å². The van der Waals surface area contributed by atoms with Crippen molar-refractivity contribution in [2.45, 2.75) is 19.5 Å². The van der Waals surface area contributed by atoms with E-state index in [1.807, 2.05) is 30.3 Å². The van der Waals surface area contributed by atoms with Gasteiger partial charge >= 0.3 is 0 Å². The molecule has 1 unspecified atom stereocenters. The predicted octanol–water partition coefficient (Wildman–Crippen LogP) is 3.57. The Hall–Kier alpha value is -3.03. The number of hydrogen-bond acceptors (Lipinski definition) is 5. The summed E-state index contributed by atoms with van der Waals surface area (Å²) in [5.41, 5.74) is 2.14. The van der Waals surface area contributed by atoms with Crippen LogP contribution in [0, 0.1) is 0 Å². The first-order valence-electron chi connectivity index (χ1n) is 11.2. The van der Waals surface area contributed by atoms with Crippen LogP contribution in [-0.2, 0) is 11.3 Å². The highest BCUT2D eigenvalue weighted by atomic mass is 16.5. The number of ether oxygens (including phenoxy) is 2. The van der Waals surface area contributed by atoms with E-state index in [2.05, 4.69) is 46.7 Å². The molecule has 0 bridgehead atoms. The van der Waals surface area contributed by atoms with E-state index in [1.165, 1.54) is 5.56 Å². The van der Waals surface area contributed by atoms with Gasteiger partial charge in [-0.2, -0.15) is 0 Å². The fraction of sp³-hybridized carbons (Fsp3) is 0.400. The predicted molar refractivity (Wildman–Crippen MR) is 127 cm³/mol. The Bertz CT molecular complexity index is 976. The minimum absolute atomic E-state index is 0.208. The third-order valence-electron chi connectivity index (χ3n) is 5.66. The van der Waals surface area contributed by atoms with Crippen LogP contribution < -0.4 is 15.4 Å². The van der Waals surface area contributed by atoms with Gasteiger partial charge in [0.05, 0.1) is 26.4 Å². The molecule has 0 aliphatic carbocycles. The number of nitrogens with one attached hydrogen (secondary N) is 2. The molecule has 1 aliphatic heterocycles. The molecule has 1 atom stereocenters. The second kappa shape index (κ2) is 11.0. The molecule has 0 saturated carbocycles. The maximum absolute atomic E-state index is 5.91. The standard InChI is InChI=1S/C25H32N4O3/c1-3-26-25(27-17-22-16-20-6-4-5-7-24(20)32-22)28-18-23(29-12-14-31-15-13-29)19-8-10-21(30-2)11-9-19/h4-11,16,23H,3,12-15,17-18H2,1-2H3,(H2,26,27,28). The van der Waals surface area contributed by atoms with E-state index in [0.717, 1.165) is 67.8 Å². The number of morpholine rings is 1. The first-order chi connectivity index (χ1) is 15.8. The molecule has 1 fully saturated rings. The van der Waals surface area contributed by atoms with Crippen molar-refractivity contribution < 1.29 is 13.9 Å². The van der Waals surface area contributed by atoms with Gasteiger partial charge in [-0.3, -0.25) is 4.90 Å².